The largest absolute Gasteiger partial charge is 0.417 e. The lowest BCUT2D eigenvalue weighted by Gasteiger charge is -2.20. The predicted octanol–water partition coefficient (Wildman–Crippen LogP) is 4.73. The highest BCUT2D eigenvalue weighted by molar-refractivity contribution is 7.99. The van der Waals surface area contributed by atoms with Gasteiger partial charge in [-0.3, -0.25) is 9.69 Å². The molecule has 13 heteroatoms. The SMILES string of the molecule is C=C(c1nc(/C=C/CNC(=O)c2cnn(C)n2)cc2c(NC[C@@H]3CCN(C)CS[C@@H]3F)cccc12)C(F)(F)F. The van der Waals surface area contributed by atoms with E-state index >= 15 is 0 Å². The number of fused-ring (bicyclic) bond motifs is 1. The second-order valence-corrected chi connectivity index (χ2v) is 10.3. The molecule has 0 bridgehead atoms. The van der Waals surface area contributed by atoms with Gasteiger partial charge in [0.05, 0.1) is 23.2 Å². The monoisotopic (exact) mass is 563 g/mol. The van der Waals surface area contributed by atoms with Crippen molar-refractivity contribution in [2.75, 3.05) is 37.9 Å². The minimum atomic E-state index is -4.68. The van der Waals surface area contributed by atoms with E-state index in [9.17, 15) is 22.4 Å². The van der Waals surface area contributed by atoms with E-state index in [1.165, 1.54) is 28.8 Å². The molecule has 0 unspecified atom stereocenters. The van der Waals surface area contributed by atoms with Crippen molar-refractivity contribution in [3.05, 3.63) is 60.2 Å². The van der Waals surface area contributed by atoms with Crippen molar-refractivity contribution >= 4 is 45.8 Å². The molecule has 2 atom stereocenters. The van der Waals surface area contributed by atoms with Crippen molar-refractivity contribution in [3.8, 4) is 0 Å². The summed E-state index contributed by atoms with van der Waals surface area (Å²) < 4.78 is 55.7. The molecule has 0 radical (unpaired) electrons. The molecule has 1 aromatic carbocycles. The smallest absolute Gasteiger partial charge is 0.384 e. The molecule has 0 saturated carbocycles. The first kappa shape index (κ1) is 28.6. The lowest BCUT2D eigenvalue weighted by molar-refractivity contribution is -0.0688. The second kappa shape index (κ2) is 12.2. The first-order valence-electron chi connectivity index (χ1n) is 12.2. The first-order valence-corrected chi connectivity index (χ1v) is 13.3. The van der Waals surface area contributed by atoms with Crippen LogP contribution in [0.4, 0.5) is 23.2 Å². The molecule has 39 heavy (non-hydrogen) atoms. The number of halogens is 4. The number of aromatic nitrogens is 4. The molecule has 1 amide bonds. The molecule has 1 aliphatic rings. The zero-order chi connectivity index (χ0) is 28.2. The van der Waals surface area contributed by atoms with Crippen LogP contribution in [0.1, 0.15) is 28.3 Å². The van der Waals surface area contributed by atoms with Crippen LogP contribution in [0, 0.1) is 5.92 Å². The number of hydrogen-bond donors (Lipinski definition) is 2. The fourth-order valence-electron chi connectivity index (χ4n) is 4.12. The number of nitrogens with one attached hydrogen (secondary N) is 2. The quantitative estimate of drug-likeness (QED) is 0.383. The number of allylic oxidation sites excluding steroid dienone is 1. The summed E-state index contributed by atoms with van der Waals surface area (Å²) in [5.41, 5.74) is -1.43. The van der Waals surface area contributed by atoms with Crippen LogP contribution in [0.2, 0.25) is 0 Å². The molecule has 0 aliphatic carbocycles. The average molecular weight is 564 g/mol. The van der Waals surface area contributed by atoms with Gasteiger partial charge >= 0.3 is 6.18 Å². The van der Waals surface area contributed by atoms with E-state index in [1.807, 2.05) is 7.05 Å². The molecule has 1 saturated heterocycles. The summed E-state index contributed by atoms with van der Waals surface area (Å²) in [6.45, 7) is 4.44. The summed E-state index contributed by atoms with van der Waals surface area (Å²) in [5, 5.41) is 14.4. The third-order valence-corrected chi connectivity index (χ3v) is 7.58. The average Bonchev–Trinajstić information content (AvgIpc) is 3.27. The van der Waals surface area contributed by atoms with Crippen molar-refractivity contribution in [3.63, 3.8) is 0 Å². The van der Waals surface area contributed by atoms with E-state index in [2.05, 4.69) is 37.3 Å². The van der Waals surface area contributed by atoms with E-state index in [-0.39, 0.29) is 34.9 Å². The predicted molar refractivity (Wildman–Crippen MR) is 146 cm³/mol. The van der Waals surface area contributed by atoms with E-state index in [0.717, 1.165) is 6.54 Å². The first-order chi connectivity index (χ1) is 18.5. The van der Waals surface area contributed by atoms with E-state index < -0.39 is 23.2 Å². The molecule has 3 aromatic rings. The number of pyridine rings is 1. The van der Waals surface area contributed by atoms with Gasteiger partial charge in [0.15, 0.2) is 11.2 Å². The van der Waals surface area contributed by atoms with Crippen LogP contribution in [-0.4, -0.2) is 75.0 Å². The van der Waals surface area contributed by atoms with Gasteiger partial charge in [0.2, 0.25) is 0 Å². The molecular weight excluding hydrogens is 534 g/mol. The minimum Gasteiger partial charge on any atom is -0.384 e. The van der Waals surface area contributed by atoms with Crippen molar-refractivity contribution in [1.82, 2.24) is 30.2 Å². The van der Waals surface area contributed by atoms with Gasteiger partial charge in [0.1, 0.15) is 0 Å². The number of benzene rings is 1. The van der Waals surface area contributed by atoms with Crippen molar-refractivity contribution in [1.29, 1.82) is 0 Å². The number of anilines is 1. The summed E-state index contributed by atoms with van der Waals surface area (Å²) in [7, 11) is 3.53. The van der Waals surface area contributed by atoms with Crippen molar-refractivity contribution in [2.45, 2.75) is 18.1 Å². The topological polar surface area (TPSA) is 88.0 Å². The summed E-state index contributed by atoms with van der Waals surface area (Å²) in [6.07, 6.45) is 0.404. The number of amides is 1. The van der Waals surface area contributed by atoms with Gasteiger partial charge in [0, 0.05) is 48.4 Å². The Morgan fingerprint density at radius 2 is 2.08 bits per heavy atom. The number of thioether (sulfide) groups is 1. The highest BCUT2D eigenvalue weighted by Crippen LogP contribution is 2.37. The number of carbonyl (C=O) groups excluding carboxylic acids is 1. The molecular formula is C26H29F4N7OS. The molecule has 4 rings (SSSR count). The summed E-state index contributed by atoms with van der Waals surface area (Å²) >= 11 is 1.24. The highest BCUT2D eigenvalue weighted by atomic mass is 32.2. The summed E-state index contributed by atoms with van der Waals surface area (Å²) in [6, 6.07) is 6.61. The van der Waals surface area contributed by atoms with Crippen LogP contribution in [0.5, 0.6) is 0 Å². The Kier molecular flexibility index (Phi) is 8.90. The summed E-state index contributed by atoms with van der Waals surface area (Å²) in [4.78, 5) is 19.7. The number of nitrogens with zero attached hydrogens (tertiary/aromatic N) is 5. The van der Waals surface area contributed by atoms with Crippen LogP contribution in [-0.2, 0) is 7.05 Å². The molecule has 2 N–H and O–H groups in total. The van der Waals surface area contributed by atoms with Gasteiger partial charge in [-0.1, -0.05) is 24.8 Å². The highest BCUT2D eigenvalue weighted by Gasteiger charge is 2.35. The molecule has 2 aromatic heterocycles. The Bertz CT molecular complexity index is 1370. The Hall–Kier alpha value is -3.45. The molecule has 0 spiro atoms. The molecule has 1 aliphatic heterocycles. The molecule has 1 fully saturated rings. The zero-order valence-electron chi connectivity index (χ0n) is 21.5. The Balaban J connectivity index is 1.59. The third kappa shape index (κ3) is 7.15. The standard InChI is InChI=1S/C26H29F4N7OS/c1-16(26(28,29)30)23-19-7-4-8-21(32-13-17-9-11-36(2)15-39-24(17)27)20(19)12-18(34-23)6-5-10-31-25(38)22-14-33-37(3)35-22/h4-8,12,14,17,24,32H,1,9-11,13,15H2,2-3H3,(H,31,38)/b6-5+/t17-,24-/m0/s1. The molecule has 3 heterocycles. The number of aryl methyl sites for hydroxylation is 1. The van der Waals surface area contributed by atoms with Gasteiger partial charge in [-0.15, -0.1) is 16.9 Å². The van der Waals surface area contributed by atoms with Crippen LogP contribution < -0.4 is 10.6 Å². The van der Waals surface area contributed by atoms with E-state index in [0.29, 0.717) is 29.9 Å². The van der Waals surface area contributed by atoms with Crippen LogP contribution in [0.3, 0.4) is 0 Å². The second-order valence-electron chi connectivity index (χ2n) is 9.26. The maximum absolute atomic E-state index is 14.7. The van der Waals surface area contributed by atoms with Crippen molar-refractivity contribution < 1.29 is 22.4 Å². The molecule has 8 nitrogen and oxygen atoms in total. The van der Waals surface area contributed by atoms with Gasteiger partial charge in [-0.05, 0) is 38.2 Å². The summed E-state index contributed by atoms with van der Waals surface area (Å²) in [5.74, 6) is -0.0834. The lowest BCUT2D eigenvalue weighted by Crippen LogP contribution is -2.23. The van der Waals surface area contributed by atoms with Crippen molar-refractivity contribution in [2.24, 2.45) is 13.0 Å². The fraction of sp³-hybridized carbons (Fsp3) is 0.385. The van der Waals surface area contributed by atoms with Gasteiger partial charge in [-0.25, -0.2) is 9.37 Å². The van der Waals surface area contributed by atoms with Gasteiger partial charge < -0.3 is 10.6 Å². The Labute approximate surface area is 227 Å². The van der Waals surface area contributed by atoms with Crippen LogP contribution >= 0.6 is 11.8 Å². The zero-order valence-corrected chi connectivity index (χ0v) is 22.3. The number of carbonyl (C=O) groups is 1. The minimum absolute atomic E-state index is 0.0935. The van der Waals surface area contributed by atoms with Gasteiger partial charge in [-0.2, -0.15) is 23.1 Å². The fourth-order valence-corrected chi connectivity index (χ4v) is 5.15. The number of hydrogen-bond acceptors (Lipinski definition) is 7. The normalized spacial score (nSPS) is 18.8. The maximum Gasteiger partial charge on any atom is 0.417 e. The Morgan fingerprint density at radius 3 is 2.79 bits per heavy atom. The number of alkyl halides is 4. The maximum atomic E-state index is 14.7. The third-order valence-electron chi connectivity index (χ3n) is 6.28. The Morgan fingerprint density at radius 1 is 1.28 bits per heavy atom. The van der Waals surface area contributed by atoms with Crippen LogP contribution in [0.25, 0.3) is 22.4 Å². The van der Waals surface area contributed by atoms with Gasteiger partial charge in [0.25, 0.3) is 5.91 Å². The number of rotatable bonds is 8. The molecule has 208 valence electrons. The van der Waals surface area contributed by atoms with E-state index in [4.69, 9.17) is 0 Å². The van der Waals surface area contributed by atoms with Crippen LogP contribution in [0.15, 0.2) is 43.1 Å². The lowest BCUT2D eigenvalue weighted by atomic mass is 10.0. The van der Waals surface area contributed by atoms with E-state index in [1.54, 1.807) is 37.4 Å².